The van der Waals surface area contributed by atoms with E-state index in [2.05, 4.69) is 5.16 Å². The number of hydrogen-bond donors (Lipinski definition) is 0. The molecule has 116 valence electrons. The zero-order valence-electron chi connectivity index (χ0n) is 12.8. The number of carbonyl (C=O) groups is 1. The highest BCUT2D eigenvalue weighted by molar-refractivity contribution is 5.82. The molecule has 2 aromatic rings. The maximum Gasteiger partial charge on any atom is 0.267 e. The second-order valence-electron chi connectivity index (χ2n) is 5.43. The molecule has 3 rings (SSSR count). The maximum atomic E-state index is 12.6. The zero-order chi connectivity index (χ0) is 15.7. The van der Waals surface area contributed by atoms with Crippen LogP contribution in [-0.4, -0.2) is 35.2 Å². The second kappa shape index (κ2) is 5.71. The van der Waals surface area contributed by atoms with Crippen molar-refractivity contribution in [2.24, 2.45) is 0 Å². The van der Waals surface area contributed by atoms with Gasteiger partial charge in [0.1, 0.15) is 17.6 Å². The number of carbonyl (C=O) groups excluding carboxylic acids is 1. The van der Waals surface area contributed by atoms with Crippen molar-refractivity contribution in [2.45, 2.75) is 32.6 Å². The number of aryl methyl sites for hydroxylation is 1. The summed E-state index contributed by atoms with van der Waals surface area (Å²) in [5, 5.41) is 3.90. The lowest BCUT2D eigenvalue weighted by molar-refractivity contribution is -0.143. The molecule has 1 aromatic heterocycles. The third-order valence-corrected chi connectivity index (χ3v) is 3.54. The van der Waals surface area contributed by atoms with Gasteiger partial charge >= 0.3 is 0 Å². The molecule has 1 aromatic carbocycles. The fourth-order valence-electron chi connectivity index (χ4n) is 2.42. The summed E-state index contributed by atoms with van der Waals surface area (Å²) in [7, 11) is 1.71. The quantitative estimate of drug-likeness (QED) is 0.869. The fourth-order valence-corrected chi connectivity index (χ4v) is 2.42. The minimum absolute atomic E-state index is 0.150. The Morgan fingerprint density at radius 2 is 1.95 bits per heavy atom. The first-order chi connectivity index (χ1) is 10.5. The van der Waals surface area contributed by atoms with Crippen molar-refractivity contribution < 1.29 is 18.8 Å². The van der Waals surface area contributed by atoms with Crippen LogP contribution < -0.4 is 9.47 Å². The third-order valence-electron chi connectivity index (χ3n) is 3.54. The molecule has 0 spiro atoms. The Kier molecular flexibility index (Phi) is 3.75. The van der Waals surface area contributed by atoms with Crippen molar-refractivity contribution in [3.63, 3.8) is 0 Å². The summed E-state index contributed by atoms with van der Waals surface area (Å²) in [5.74, 6) is 1.82. The highest BCUT2D eigenvalue weighted by Gasteiger charge is 2.35. The van der Waals surface area contributed by atoms with Crippen molar-refractivity contribution in [1.82, 2.24) is 10.1 Å². The Balaban J connectivity index is 1.72. The molecular weight excluding hydrogens is 284 g/mol. The lowest BCUT2D eigenvalue weighted by atomic mass is 10.1. The van der Waals surface area contributed by atoms with Gasteiger partial charge < -0.3 is 18.9 Å². The van der Waals surface area contributed by atoms with Gasteiger partial charge in [-0.3, -0.25) is 4.79 Å². The molecule has 0 saturated carbocycles. The van der Waals surface area contributed by atoms with E-state index in [-0.39, 0.29) is 12.0 Å². The van der Waals surface area contributed by atoms with Crippen LogP contribution in [0.3, 0.4) is 0 Å². The molecular formula is C16H18N2O4. The van der Waals surface area contributed by atoms with Crippen LogP contribution >= 0.6 is 0 Å². The molecule has 0 bridgehead atoms. The predicted molar refractivity (Wildman–Crippen MR) is 78.7 cm³/mol. The number of amides is 1. The van der Waals surface area contributed by atoms with Crippen LogP contribution in [0.25, 0.3) is 0 Å². The number of para-hydroxylation sites is 2. The van der Waals surface area contributed by atoms with E-state index in [9.17, 15) is 4.79 Å². The highest BCUT2D eigenvalue weighted by atomic mass is 16.6. The average molecular weight is 302 g/mol. The number of rotatable bonds is 3. The van der Waals surface area contributed by atoms with Gasteiger partial charge in [-0.2, -0.15) is 0 Å². The van der Waals surface area contributed by atoms with E-state index in [4.69, 9.17) is 14.0 Å². The summed E-state index contributed by atoms with van der Waals surface area (Å²) in [4.78, 5) is 14.2. The van der Waals surface area contributed by atoms with Gasteiger partial charge in [0.15, 0.2) is 11.5 Å². The van der Waals surface area contributed by atoms with Crippen molar-refractivity contribution >= 4 is 5.91 Å². The Morgan fingerprint density at radius 3 is 2.59 bits per heavy atom. The van der Waals surface area contributed by atoms with Gasteiger partial charge in [0.05, 0.1) is 6.54 Å². The SMILES string of the molecule is Cc1cc(CN(C)C(=O)[C@@H]2Oc3ccccc3O[C@H]2C)no1. The molecule has 1 amide bonds. The van der Waals surface area contributed by atoms with E-state index < -0.39 is 6.10 Å². The summed E-state index contributed by atoms with van der Waals surface area (Å²) in [6, 6.07) is 9.15. The lowest BCUT2D eigenvalue weighted by Crippen LogP contribution is -2.49. The molecule has 0 radical (unpaired) electrons. The van der Waals surface area contributed by atoms with E-state index in [0.717, 1.165) is 5.76 Å². The Morgan fingerprint density at radius 1 is 1.27 bits per heavy atom. The van der Waals surface area contributed by atoms with E-state index in [0.29, 0.717) is 23.7 Å². The molecule has 0 aliphatic carbocycles. The molecule has 0 saturated heterocycles. The summed E-state index contributed by atoms with van der Waals surface area (Å²) < 4.78 is 16.6. The summed E-state index contributed by atoms with van der Waals surface area (Å²) in [6.45, 7) is 4.01. The van der Waals surface area contributed by atoms with Crippen LogP contribution in [0.15, 0.2) is 34.9 Å². The molecule has 22 heavy (non-hydrogen) atoms. The van der Waals surface area contributed by atoms with Crippen LogP contribution in [-0.2, 0) is 11.3 Å². The van der Waals surface area contributed by atoms with Crippen LogP contribution in [0.4, 0.5) is 0 Å². The normalized spacial score (nSPS) is 19.8. The first-order valence-corrected chi connectivity index (χ1v) is 7.14. The molecule has 6 nitrogen and oxygen atoms in total. The first-order valence-electron chi connectivity index (χ1n) is 7.14. The van der Waals surface area contributed by atoms with E-state index >= 15 is 0 Å². The predicted octanol–water partition coefficient (Wildman–Crippen LogP) is 2.17. The van der Waals surface area contributed by atoms with Crippen molar-refractivity contribution in [3.8, 4) is 11.5 Å². The molecule has 1 aliphatic rings. The number of fused-ring (bicyclic) bond motifs is 1. The summed E-state index contributed by atoms with van der Waals surface area (Å²) in [5.41, 5.74) is 0.707. The molecule has 0 unspecified atom stereocenters. The fraction of sp³-hybridized carbons (Fsp3) is 0.375. The largest absolute Gasteiger partial charge is 0.482 e. The van der Waals surface area contributed by atoms with Gasteiger partial charge in [-0.15, -0.1) is 0 Å². The van der Waals surface area contributed by atoms with E-state index in [1.807, 2.05) is 32.0 Å². The number of benzene rings is 1. The van der Waals surface area contributed by atoms with Crippen molar-refractivity contribution in [3.05, 3.63) is 41.8 Å². The third kappa shape index (κ3) is 2.77. The smallest absolute Gasteiger partial charge is 0.267 e. The van der Waals surface area contributed by atoms with Crippen molar-refractivity contribution in [1.29, 1.82) is 0 Å². The maximum absolute atomic E-state index is 12.6. The molecule has 0 fully saturated rings. The van der Waals surface area contributed by atoms with Gasteiger partial charge in [-0.1, -0.05) is 17.3 Å². The van der Waals surface area contributed by atoms with E-state index in [1.54, 1.807) is 24.1 Å². The van der Waals surface area contributed by atoms with Gasteiger partial charge in [-0.05, 0) is 26.0 Å². The monoisotopic (exact) mass is 302 g/mol. The highest BCUT2D eigenvalue weighted by Crippen LogP contribution is 2.33. The molecule has 2 atom stereocenters. The minimum Gasteiger partial charge on any atom is -0.482 e. The zero-order valence-corrected chi connectivity index (χ0v) is 12.8. The van der Waals surface area contributed by atoms with Crippen LogP contribution in [0.5, 0.6) is 11.5 Å². The second-order valence-corrected chi connectivity index (χ2v) is 5.43. The first kappa shape index (κ1) is 14.4. The standard InChI is InChI=1S/C16H18N2O4/c1-10-8-12(17-22-10)9-18(3)16(19)15-11(2)20-13-6-4-5-7-14(13)21-15/h4-8,11,15H,9H2,1-3H3/t11-,15+/m0/s1. The van der Waals surface area contributed by atoms with Gasteiger partial charge in [-0.25, -0.2) is 0 Å². The average Bonchev–Trinajstić information content (AvgIpc) is 2.91. The minimum atomic E-state index is -0.673. The summed E-state index contributed by atoms with van der Waals surface area (Å²) in [6.07, 6.45) is -1.03. The van der Waals surface area contributed by atoms with Gasteiger partial charge in [0.25, 0.3) is 5.91 Å². The Bertz CT molecular complexity index is 682. The molecule has 1 aliphatic heterocycles. The van der Waals surface area contributed by atoms with E-state index in [1.165, 1.54) is 0 Å². The Labute approximate surface area is 128 Å². The lowest BCUT2D eigenvalue weighted by Gasteiger charge is -2.33. The number of hydrogen-bond acceptors (Lipinski definition) is 5. The van der Waals surface area contributed by atoms with Crippen molar-refractivity contribution in [2.75, 3.05) is 7.05 Å². The Hall–Kier alpha value is -2.50. The molecule has 6 heteroatoms. The molecule has 0 N–H and O–H groups in total. The van der Waals surface area contributed by atoms with Crippen LogP contribution in [0.1, 0.15) is 18.4 Å². The number of nitrogens with zero attached hydrogens (tertiary/aromatic N) is 2. The van der Waals surface area contributed by atoms with Crippen LogP contribution in [0.2, 0.25) is 0 Å². The number of ether oxygens (including phenoxy) is 2. The number of aromatic nitrogens is 1. The topological polar surface area (TPSA) is 64.8 Å². The molecule has 2 heterocycles. The van der Waals surface area contributed by atoms with Gasteiger partial charge in [0, 0.05) is 13.1 Å². The van der Waals surface area contributed by atoms with Gasteiger partial charge in [0.2, 0.25) is 6.10 Å². The number of likely N-dealkylation sites (N-methyl/N-ethyl adjacent to an activating group) is 1. The summed E-state index contributed by atoms with van der Waals surface area (Å²) >= 11 is 0. The van der Waals surface area contributed by atoms with Crippen LogP contribution in [0, 0.1) is 6.92 Å².